The maximum Gasteiger partial charge on any atom is 0.251 e. The molecule has 0 aromatic heterocycles. The molecule has 0 radical (unpaired) electrons. The van der Waals surface area contributed by atoms with Crippen LogP contribution in [0.3, 0.4) is 0 Å². The van der Waals surface area contributed by atoms with E-state index in [0.29, 0.717) is 13.2 Å². The lowest BCUT2D eigenvalue weighted by molar-refractivity contribution is -0.118. The second-order valence-electron chi connectivity index (χ2n) is 6.20. The van der Waals surface area contributed by atoms with Crippen LogP contribution in [0.5, 0.6) is 0 Å². The summed E-state index contributed by atoms with van der Waals surface area (Å²) in [6.45, 7) is 3.52. The van der Waals surface area contributed by atoms with Gasteiger partial charge in [-0.3, -0.25) is 9.59 Å². The van der Waals surface area contributed by atoms with Gasteiger partial charge in [-0.25, -0.2) is 13.1 Å². The van der Waals surface area contributed by atoms with Crippen molar-refractivity contribution in [2.75, 3.05) is 32.8 Å². The Morgan fingerprint density at radius 1 is 1.23 bits per heavy atom. The number of hydrogen-bond acceptors (Lipinski definition) is 5. The molecular formula is C17H25N3O5S. The molecule has 1 aliphatic heterocycles. The topological polar surface area (TPSA) is 114 Å². The summed E-state index contributed by atoms with van der Waals surface area (Å²) >= 11 is 0. The van der Waals surface area contributed by atoms with Crippen molar-refractivity contribution in [3.63, 3.8) is 0 Å². The number of rotatable bonds is 8. The Kier molecular flexibility index (Phi) is 7.55. The highest BCUT2D eigenvalue weighted by molar-refractivity contribution is 7.89. The first-order chi connectivity index (χ1) is 12.4. The van der Waals surface area contributed by atoms with E-state index < -0.39 is 10.0 Å². The Balaban J connectivity index is 1.92. The van der Waals surface area contributed by atoms with Crippen LogP contribution in [0.15, 0.2) is 29.2 Å². The molecule has 3 N–H and O–H groups in total. The minimum absolute atomic E-state index is 0.00831. The fraction of sp³-hybridized carbons (Fsp3) is 0.529. The fourth-order valence-corrected chi connectivity index (χ4v) is 3.70. The number of sulfonamides is 1. The highest BCUT2D eigenvalue weighted by Gasteiger charge is 2.18. The number of carbonyl (C=O) groups is 2. The molecule has 9 heteroatoms. The SMILES string of the molecule is CC(=O)NCCNS(=O)(=O)c1cccc(C(=O)NC[C@@H]2CCCOC2)c1. The quantitative estimate of drug-likeness (QED) is 0.557. The van der Waals surface area contributed by atoms with Gasteiger partial charge in [0.15, 0.2) is 0 Å². The van der Waals surface area contributed by atoms with Gasteiger partial charge in [-0.1, -0.05) is 6.07 Å². The highest BCUT2D eigenvalue weighted by atomic mass is 32.2. The van der Waals surface area contributed by atoms with Crippen LogP contribution in [0.4, 0.5) is 0 Å². The van der Waals surface area contributed by atoms with E-state index in [9.17, 15) is 18.0 Å². The Labute approximate surface area is 153 Å². The number of ether oxygens (including phenoxy) is 1. The Morgan fingerprint density at radius 3 is 2.73 bits per heavy atom. The molecule has 0 unspecified atom stereocenters. The zero-order chi connectivity index (χ0) is 19.0. The molecule has 1 aliphatic rings. The zero-order valence-corrected chi connectivity index (χ0v) is 15.6. The predicted molar refractivity (Wildman–Crippen MR) is 96.2 cm³/mol. The van der Waals surface area contributed by atoms with Crippen LogP contribution < -0.4 is 15.4 Å². The Bertz CT molecular complexity index is 730. The molecule has 1 atom stereocenters. The van der Waals surface area contributed by atoms with Crippen LogP contribution in [-0.2, 0) is 19.6 Å². The van der Waals surface area contributed by atoms with E-state index in [1.54, 1.807) is 6.07 Å². The number of nitrogens with one attached hydrogen (secondary N) is 3. The minimum atomic E-state index is -3.75. The first kappa shape index (κ1) is 20.3. The minimum Gasteiger partial charge on any atom is -0.381 e. The van der Waals surface area contributed by atoms with Crippen molar-refractivity contribution in [3.05, 3.63) is 29.8 Å². The molecule has 0 saturated carbocycles. The molecule has 1 aromatic rings. The molecule has 1 aromatic carbocycles. The number of amides is 2. The molecule has 2 amide bonds. The van der Waals surface area contributed by atoms with Crippen LogP contribution in [0.2, 0.25) is 0 Å². The summed E-state index contributed by atoms with van der Waals surface area (Å²) in [5, 5.41) is 5.34. The van der Waals surface area contributed by atoms with E-state index in [4.69, 9.17) is 4.74 Å². The van der Waals surface area contributed by atoms with Crippen LogP contribution >= 0.6 is 0 Å². The summed E-state index contributed by atoms with van der Waals surface area (Å²) in [6.07, 6.45) is 1.99. The molecule has 144 valence electrons. The van der Waals surface area contributed by atoms with Gasteiger partial charge in [0.25, 0.3) is 5.91 Å². The van der Waals surface area contributed by atoms with E-state index in [0.717, 1.165) is 19.4 Å². The van der Waals surface area contributed by atoms with Crippen LogP contribution in [-0.4, -0.2) is 53.1 Å². The Morgan fingerprint density at radius 2 is 2.04 bits per heavy atom. The molecule has 1 saturated heterocycles. The number of carbonyl (C=O) groups excluding carboxylic acids is 2. The first-order valence-corrected chi connectivity index (χ1v) is 10.1. The summed E-state index contributed by atoms with van der Waals surface area (Å²) in [4.78, 5) is 23.1. The van der Waals surface area contributed by atoms with E-state index in [1.807, 2.05) is 0 Å². The standard InChI is InChI=1S/C17H25N3O5S/c1-13(21)18-7-8-20-26(23,24)16-6-2-5-15(10-16)17(22)19-11-14-4-3-9-25-12-14/h2,5-6,10,14,20H,3-4,7-9,11-12H2,1H3,(H,18,21)(H,19,22)/t14-/m0/s1. The fourth-order valence-electron chi connectivity index (χ4n) is 2.62. The highest BCUT2D eigenvalue weighted by Crippen LogP contribution is 2.14. The summed E-state index contributed by atoms with van der Waals surface area (Å²) < 4.78 is 32.3. The molecule has 0 aliphatic carbocycles. The Hall–Kier alpha value is -1.97. The molecule has 1 heterocycles. The van der Waals surface area contributed by atoms with E-state index >= 15 is 0 Å². The lowest BCUT2D eigenvalue weighted by Gasteiger charge is -2.22. The lowest BCUT2D eigenvalue weighted by Crippen LogP contribution is -2.34. The van der Waals surface area contributed by atoms with Gasteiger partial charge >= 0.3 is 0 Å². The monoisotopic (exact) mass is 383 g/mol. The summed E-state index contributed by atoms with van der Waals surface area (Å²) in [7, 11) is -3.75. The molecule has 8 nitrogen and oxygen atoms in total. The largest absolute Gasteiger partial charge is 0.381 e. The van der Waals surface area contributed by atoms with Crippen LogP contribution in [0.1, 0.15) is 30.1 Å². The van der Waals surface area contributed by atoms with Gasteiger partial charge < -0.3 is 15.4 Å². The van der Waals surface area contributed by atoms with Crippen molar-refractivity contribution >= 4 is 21.8 Å². The van der Waals surface area contributed by atoms with Crippen molar-refractivity contribution in [3.8, 4) is 0 Å². The normalized spacial score (nSPS) is 17.5. The van der Waals surface area contributed by atoms with Gasteiger partial charge in [0.2, 0.25) is 15.9 Å². The van der Waals surface area contributed by atoms with Crippen molar-refractivity contribution in [2.24, 2.45) is 5.92 Å². The van der Waals surface area contributed by atoms with Gasteiger partial charge in [-0.05, 0) is 37.0 Å². The zero-order valence-electron chi connectivity index (χ0n) is 14.8. The van der Waals surface area contributed by atoms with E-state index in [2.05, 4.69) is 15.4 Å². The summed E-state index contributed by atoms with van der Waals surface area (Å²) in [5.74, 6) is -0.257. The van der Waals surface area contributed by atoms with Crippen molar-refractivity contribution in [1.82, 2.24) is 15.4 Å². The third-order valence-corrected chi connectivity index (χ3v) is 5.46. The third-order valence-electron chi connectivity index (χ3n) is 4.00. The lowest BCUT2D eigenvalue weighted by atomic mass is 10.0. The molecule has 26 heavy (non-hydrogen) atoms. The van der Waals surface area contributed by atoms with Crippen LogP contribution in [0.25, 0.3) is 0 Å². The molecular weight excluding hydrogens is 358 g/mol. The average Bonchev–Trinajstić information content (AvgIpc) is 2.64. The van der Waals surface area contributed by atoms with Gasteiger partial charge in [0.05, 0.1) is 11.5 Å². The molecule has 1 fully saturated rings. The van der Waals surface area contributed by atoms with E-state index in [1.165, 1.54) is 25.1 Å². The number of benzene rings is 1. The second kappa shape index (κ2) is 9.65. The molecule has 0 spiro atoms. The first-order valence-electron chi connectivity index (χ1n) is 8.58. The average molecular weight is 383 g/mol. The smallest absolute Gasteiger partial charge is 0.251 e. The van der Waals surface area contributed by atoms with Gasteiger partial charge in [-0.15, -0.1) is 0 Å². The third kappa shape index (κ3) is 6.40. The molecule has 0 bridgehead atoms. The van der Waals surface area contributed by atoms with Gasteiger partial charge in [0, 0.05) is 38.7 Å². The van der Waals surface area contributed by atoms with Crippen LogP contribution in [0, 0.1) is 5.92 Å². The maximum absolute atomic E-state index is 12.3. The van der Waals surface area contributed by atoms with Crippen molar-refractivity contribution in [2.45, 2.75) is 24.7 Å². The number of hydrogen-bond donors (Lipinski definition) is 3. The maximum atomic E-state index is 12.3. The van der Waals surface area contributed by atoms with Gasteiger partial charge in [0.1, 0.15) is 0 Å². The summed E-state index contributed by atoms with van der Waals surface area (Å²) in [6, 6.07) is 5.87. The van der Waals surface area contributed by atoms with E-state index in [-0.39, 0.29) is 41.3 Å². The van der Waals surface area contributed by atoms with Gasteiger partial charge in [-0.2, -0.15) is 0 Å². The summed E-state index contributed by atoms with van der Waals surface area (Å²) in [5.41, 5.74) is 0.284. The predicted octanol–water partition coefficient (Wildman–Crippen LogP) is 0.257. The molecule has 2 rings (SSSR count). The van der Waals surface area contributed by atoms with Crippen molar-refractivity contribution < 1.29 is 22.7 Å². The van der Waals surface area contributed by atoms with Crippen molar-refractivity contribution in [1.29, 1.82) is 0 Å². The second-order valence-corrected chi connectivity index (χ2v) is 7.97.